The van der Waals surface area contributed by atoms with Gasteiger partial charge in [-0.05, 0) is 43.3 Å². The summed E-state index contributed by atoms with van der Waals surface area (Å²) in [6.45, 7) is 1.92. The average molecular weight is 371 g/mol. The molecule has 3 heteroatoms. The molecule has 0 aliphatic rings. The summed E-state index contributed by atoms with van der Waals surface area (Å²) in [7, 11) is -2.07. The van der Waals surface area contributed by atoms with Crippen molar-refractivity contribution in [2.75, 3.05) is 0 Å². The Morgan fingerprint density at radius 3 is 1.09 bits per heavy atom. The van der Waals surface area contributed by atoms with Gasteiger partial charge < -0.3 is 5.11 Å². The predicted molar refractivity (Wildman–Crippen MR) is 96.8 cm³/mol. The first-order valence-electron chi connectivity index (χ1n) is 7.50. The van der Waals surface area contributed by atoms with E-state index in [2.05, 4.69) is 72.8 Å². The second-order valence-corrected chi connectivity index (χ2v) is 9.10. The van der Waals surface area contributed by atoms with E-state index in [0.29, 0.717) is 0 Å². The molecular formula is C20H20CuOP+. The van der Waals surface area contributed by atoms with E-state index in [1.165, 1.54) is 15.9 Å². The molecule has 0 saturated heterocycles. The maximum absolute atomic E-state index is 10.9. The van der Waals surface area contributed by atoms with Crippen molar-refractivity contribution in [1.82, 2.24) is 0 Å². The van der Waals surface area contributed by atoms with Crippen molar-refractivity contribution in [3.8, 4) is 0 Å². The fourth-order valence-corrected chi connectivity index (χ4v) is 7.20. The Morgan fingerprint density at radius 2 is 0.870 bits per heavy atom. The van der Waals surface area contributed by atoms with Gasteiger partial charge in [0, 0.05) is 17.1 Å². The van der Waals surface area contributed by atoms with Crippen LogP contribution in [-0.2, 0) is 17.1 Å². The van der Waals surface area contributed by atoms with Crippen LogP contribution in [0.5, 0.6) is 0 Å². The van der Waals surface area contributed by atoms with E-state index in [1.54, 1.807) is 0 Å². The molecule has 1 unspecified atom stereocenters. The summed E-state index contributed by atoms with van der Waals surface area (Å²) in [4.78, 5) is 0. The van der Waals surface area contributed by atoms with Crippen LogP contribution in [0.3, 0.4) is 0 Å². The van der Waals surface area contributed by atoms with Gasteiger partial charge in [-0.1, -0.05) is 54.6 Å². The van der Waals surface area contributed by atoms with Gasteiger partial charge in [-0.15, -0.1) is 0 Å². The summed E-state index contributed by atoms with van der Waals surface area (Å²) in [5, 5.41) is 14.5. The Kier molecular flexibility index (Phi) is 6.16. The van der Waals surface area contributed by atoms with Gasteiger partial charge >= 0.3 is 0 Å². The average Bonchev–Trinajstić information content (AvgIpc) is 2.58. The van der Waals surface area contributed by atoms with Gasteiger partial charge in [0.05, 0.1) is 0 Å². The molecule has 1 atom stereocenters. The van der Waals surface area contributed by atoms with Crippen LogP contribution in [-0.4, -0.2) is 11.0 Å². The number of hydrogen-bond acceptors (Lipinski definition) is 1. The van der Waals surface area contributed by atoms with Crippen molar-refractivity contribution in [1.29, 1.82) is 0 Å². The molecule has 3 rings (SSSR count). The molecule has 0 amide bonds. The summed E-state index contributed by atoms with van der Waals surface area (Å²) in [6, 6.07) is 31.2. The zero-order valence-corrected chi connectivity index (χ0v) is 14.8. The summed E-state index contributed by atoms with van der Waals surface area (Å²) in [6.07, 6.45) is 0. The topological polar surface area (TPSA) is 20.2 Å². The smallest absolute Gasteiger partial charge is 0.175 e. The van der Waals surface area contributed by atoms with E-state index in [9.17, 15) is 5.11 Å². The van der Waals surface area contributed by atoms with Gasteiger partial charge in [0.2, 0.25) is 0 Å². The van der Waals surface area contributed by atoms with E-state index >= 15 is 0 Å². The van der Waals surface area contributed by atoms with Gasteiger partial charge in [0.1, 0.15) is 23.2 Å². The fourth-order valence-electron chi connectivity index (χ4n) is 3.08. The van der Waals surface area contributed by atoms with E-state index in [0.717, 1.165) is 0 Å². The van der Waals surface area contributed by atoms with Crippen LogP contribution in [0.2, 0.25) is 0 Å². The van der Waals surface area contributed by atoms with E-state index in [-0.39, 0.29) is 17.1 Å². The summed E-state index contributed by atoms with van der Waals surface area (Å²) in [5.41, 5.74) is 0. The molecule has 121 valence electrons. The monoisotopic (exact) mass is 370 g/mol. The van der Waals surface area contributed by atoms with E-state index in [4.69, 9.17) is 0 Å². The molecule has 0 heterocycles. The fraction of sp³-hybridized carbons (Fsp3) is 0.100. The second-order valence-electron chi connectivity index (χ2n) is 5.36. The maximum atomic E-state index is 10.9. The third kappa shape index (κ3) is 3.27. The molecule has 0 aliphatic carbocycles. The Hall–Kier alpha value is -1.43. The number of hydrogen-bond donors (Lipinski definition) is 1. The van der Waals surface area contributed by atoms with Crippen LogP contribution in [0, 0.1) is 0 Å². The molecule has 23 heavy (non-hydrogen) atoms. The minimum Gasteiger partial charge on any atom is -0.358 e. The van der Waals surface area contributed by atoms with Crippen LogP contribution >= 0.6 is 7.26 Å². The van der Waals surface area contributed by atoms with Crippen LogP contribution in [0.4, 0.5) is 0 Å². The van der Waals surface area contributed by atoms with Crippen molar-refractivity contribution < 1.29 is 22.2 Å². The Balaban J connectivity index is 0.00000192. The zero-order chi connectivity index (χ0) is 15.4. The summed E-state index contributed by atoms with van der Waals surface area (Å²) in [5.74, 6) is -0.445. The third-order valence-corrected chi connectivity index (χ3v) is 8.51. The van der Waals surface area contributed by atoms with Crippen molar-refractivity contribution in [3.63, 3.8) is 0 Å². The Labute approximate surface area is 149 Å². The molecule has 0 fully saturated rings. The molecule has 0 spiro atoms. The maximum Gasteiger partial charge on any atom is 0.175 e. The van der Waals surface area contributed by atoms with Crippen molar-refractivity contribution in [2.45, 2.75) is 12.8 Å². The molecule has 1 N–H and O–H groups in total. The first-order valence-corrected chi connectivity index (χ1v) is 9.35. The van der Waals surface area contributed by atoms with Gasteiger partial charge in [-0.2, -0.15) is 0 Å². The zero-order valence-electron chi connectivity index (χ0n) is 12.9. The molecule has 0 bridgehead atoms. The number of rotatable bonds is 4. The van der Waals surface area contributed by atoms with E-state index in [1.807, 2.05) is 25.1 Å². The minimum absolute atomic E-state index is 0. The molecule has 0 aliphatic heterocycles. The van der Waals surface area contributed by atoms with Gasteiger partial charge in [0.25, 0.3) is 0 Å². The van der Waals surface area contributed by atoms with Crippen LogP contribution < -0.4 is 15.9 Å². The second kappa shape index (κ2) is 7.90. The third-order valence-electron chi connectivity index (χ3n) is 4.05. The number of aliphatic hydroxyl groups is 1. The quantitative estimate of drug-likeness (QED) is 0.552. The molecule has 3 aromatic rings. The van der Waals surface area contributed by atoms with Crippen LogP contribution in [0.25, 0.3) is 0 Å². The number of benzene rings is 3. The van der Waals surface area contributed by atoms with Gasteiger partial charge in [0.15, 0.2) is 5.85 Å². The molecule has 1 nitrogen and oxygen atoms in total. The van der Waals surface area contributed by atoms with Crippen molar-refractivity contribution >= 4 is 23.2 Å². The molecule has 1 radical (unpaired) electrons. The predicted octanol–water partition coefficient (Wildman–Crippen LogP) is 3.32. The SMILES string of the molecule is CC(O)[P+](c1ccccc1)(c1ccccc1)c1ccccc1.[Cu]. The largest absolute Gasteiger partial charge is 0.358 e. The van der Waals surface area contributed by atoms with Crippen LogP contribution in [0.15, 0.2) is 91.0 Å². The minimum atomic E-state index is -2.07. The van der Waals surface area contributed by atoms with Crippen molar-refractivity contribution in [2.24, 2.45) is 0 Å². The first-order chi connectivity index (χ1) is 10.8. The molecule has 3 aromatic carbocycles. The Morgan fingerprint density at radius 1 is 0.609 bits per heavy atom. The standard InChI is InChI=1S/C20H20OP.Cu/c1-17(21)22(18-11-5-2-6-12-18,19-13-7-3-8-14-19)20-15-9-4-10-16-20;/h2-17,21H,1H3;/q+1;. The summed E-state index contributed by atoms with van der Waals surface area (Å²) < 4.78 is 0. The van der Waals surface area contributed by atoms with Crippen LogP contribution in [0.1, 0.15) is 6.92 Å². The molecule has 0 aromatic heterocycles. The molecule has 0 saturated carbocycles. The number of aliphatic hydroxyl groups excluding tert-OH is 1. The Bertz CT molecular complexity index is 618. The summed E-state index contributed by atoms with van der Waals surface area (Å²) >= 11 is 0. The van der Waals surface area contributed by atoms with E-state index < -0.39 is 13.1 Å². The first kappa shape index (κ1) is 17.9. The van der Waals surface area contributed by atoms with Gasteiger partial charge in [-0.25, -0.2) is 0 Å². The molecular weight excluding hydrogens is 351 g/mol. The van der Waals surface area contributed by atoms with Gasteiger partial charge in [-0.3, -0.25) is 0 Å². The van der Waals surface area contributed by atoms with Crippen molar-refractivity contribution in [3.05, 3.63) is 91.0 Å². The normalized spacial score (nSPS) is 12.3.